The fraction of sp³-hybridized carbons (Fsp3) is 0.381. The number of carbonyl (C=O) groups is 3. The minimum absolute atomic E-state index is 0.183. The summed E-state index contributed by atoms with van der Waals surface area (Å²) in [6.45, 7) is 5.44. The highest BCUT2D eigenvalue weighted by Gasteiger charge is 2.67. The predicted molar refractivity (Wildman–Crippen MR) is 100 cm³/mol. The van der Waals surface area contributed by atoms with Crippen LogP contribution in [-0.4, -0.2) is 29.9 Å². The minimum Gasteiger partial charge on any atom is -0.468 e. The van der Waals surface area contributed by atoms with Crippen LogP contribution in [0.15, 0.2) is 47.1 Å². The van der Waals surface area contributed by atoms with E-state index in [0.29, 0.717) is 11.4 Å². The first-order valence-corrected chi connectivity index (χ1v) is 9.31. The monoisotopic (exact) mass is 382 g/mol. The number of imide groups is 1. The van der Waals surface area contributed by atoms with Crippen LogP contribution in [0.4, 0.5) is 5.69 Å². The molecule has 7 nitrogen and oxygen atoms in total. The maximum atomic E-state index is 13.3. The molecule has 146 valence electrons. The van der Waals surface area contributed by atoms with Crippen molar-refractivity contribution in [2.24, 2.45) is 11.8 Å². The fourth-order valence-corrected chi connectivity index (χ4v) is 4.27. The molecule has 7 heteroatoms. The molecule has 0 radical (unpaired) electrons. The van der Waals surface area contributed by atoms with E-state index >= 15 is 0 Å². The van der Waals surface area contributed by atoms with Crippen LogP contribution in [0.1, 0.15) is 31.2 Å². The topological polar surface area (TPSA) is 88.8 Å². The summed E-state index contributed by atoms with van der Waals surface area (Å²) in [7, 11) is 0. The van der Waals surface area contributed by atoms with Crippen molar-refractivity contribution in [2.75, 3.05) is 11.5 Å². The third-order valence-corrected chi connectivity index (χ3v) is 5.63. The van der Waals surface area contributed by atoms with Crippen molar-refractivity contribution in [1.29, 1.82) is 0 Å². The van der Waals surface area contributed by atoms with Crippen LogP contribution in [0.5, 0.6) is 0 Å². The number of rotatable bonds is 4. The number of carbonyl (C=O) groups excluding carboxylic acids is 3. The molecule has 4 atom stereocenters. The molecule has 1 N–H and O–H groups in total. The summed E-state index contributed by atoms with van der Waals surface area (Å²) in [6.07, 6.45) is 1.50. The minimum atomic E-state index is -1.33. The van der Waals surface area contributed by atoms with Crippen molar-refractivity contribution < 1.29 is 23.5 Å². The van der Waals surface area contributed by atoms with Crippen LogP contribution >= 0.6 is 0 Å². The summed E-state index contributed by atoms with van der Waals surface area (Å²) < 4.78 is 10.7. The zero-order valence-electron chi connectivity index (χ0n) is 16.0. The Morgan fingerprint density at radius 1 is 1.21 bits per heavy atom. The van der Waals surface area contributed by atoms with E-state index in [9.17, 15) is 14.4 Å². The Morgan fingerprint density at radius 2 is 1.93 bits per heavy atom. The largest absolute Gasteiger partial charge is 0.468 e. The second kappa shape index (κ2) is 6.60. The van der Waals surface area contributed by atoms with Gasteiger partial charge in [0.2, 0.25) is 11.8 Å². The Kier molecular flexibility index (Phi) is 4.34. The van der Waals surface area contributed by atoms with Crippen molar-refractivity contribution in [3.8, 4) is 0 Å². The number of furan rings is 1. The number of hydrogen-bond donors (Lipinski definition) is 1. The van der Waals surface area contributed by atoms with Gasteiger partial charge in [0.25, 0.3) is 0 Å². The average molecular weight is 382 g/mol. The van der Waals surface area contributed by atoms with E-state index in [4.69, 9.17) is 9.15 Å². The van der Waals surface area contributed by atoms with Gasteiger partial charge in [0, 0.05) is 0 Å². The van der Waals surface area contributed by atoms with Crippen molar-refractivity contribution in [1.82, 2.24) is 5.32 Å². The lowest BCUT2D eigenvalue weighted by Gasteiger charge is -2.28. The van der Waals surface area contributed by atoms with Crippen molar-refractivity contribution >= 4 is 23.5 Å². The number of anilines is 1. The predicted octanol–water partition coefficient (Wildman–Crippen LogP) is 2.36. The molecule has 2 saturated heterocycles. The van der Waals surface area contributed by atoms with Crippen LogP contribution in [0.2, 0.25) is 0 Å². The summed E-state index contributed by atoms with van der Waals surface area (Å²) in [6, 6.07) is 10.0. The zero-order valence-corrected chi connectivity index (χ0v) is 16.0. The first kappa shape index (κ1) is 18.4. The van der Waals surface area contributed by atoms with Gasteiger partial charge in [0.15, 0.2) is 0 Å². The fourth-order valence-electron chi connectivity index (χ4n) is 4.27. The number of esters is 1. The van der Waals surface area contributed by atoms with Crippen LogP contribution in [-0.2, 0) is 19.1 Å². The molecule has 0 unspecified atom stereocenters. The Bertz CT molecular complexity index is 921. The summed E-state index contributed by atoms with van der Waals surface area (Å²) in [5, 5.41) is 3.16. The molecule has 2 fully saturated rings. The third kappa shape index (κ3) is 2.57. The molecule has 0 aliphatic carbocycles. The van der Waals surface area contributed by atoms with Gasteiger partial charge in [0.1, 0.15) is 11.3 Å². The van der Waals surface area contributed by atoms with Gasteiger partial charge in [-0.25, -0.2) is 4.90 Å². The molecule has 4 rings (SSSR count). The molecule has 0 saturated carbocycles. The number of benzene rings is 1. The van der Waals surface area contributed by atoms with Crippen molar-refractivity contribution in [3.63, 3.8) is 0 Å². The quantitative estimate of drug-likeness (QED) is 0.645. The lowest BCUT2D eigenvalue weighted by molar-refractivity contribution is -0.153. The number of aryl methyl sites for hydroxylation is 1. The van der Waals surface area contributed by atoms with Crippen LogP contribution in [0, 0.1) is 18.8 Å². The van der Waals surface area contributed by atoms with E-state index < -0.39 is 35.3 Å². The third-order valence-electron chi connectivity index (χ3n) is 5.63. The first-order chi connectivity index (χ1) is 13.4. The van der Waals surface area contributed by atoms with E-state index in [-0.39, 0.29) is 12.5 Å². The Balaban J connectivity index is 1.80. The van der Waals surface area contributed by atoms with Gasteiger partial charge in [-0.1, -0.05) is 17.7 Å². The smallest absolute Gasteiger partial charge is 0.326 e. The van der Waals surface area contributed by atoms with Gasteiger partial charge in [-0.2, -0.15) is 0 Å². The number of fused-ring (bicyclic) bond motifs is 1. The molecule has 1 aromatic carbocycles. The molecule has 2 aliphatic rings. The molecule has 2 amide bonds. The highest BCUT2D eigenvalue weighted by atomic mass is 16.5. The molecule has 2 aliphatic heterocycles. The molecule has 1 aromatic heterocycles. The van der Waals surface area contributed by atoms with E-state index in [1.165, 1.54) is 11.2 Å². The standard InChI is InChI=1S/C21H22N2O5/c1-4-27-20(26)21(3)16-15(17(22-21)14-6-5-11-28-14)18(24)23(19(16)25)13-9-7-12(2)8-10-13/h5-11,15-17,22H,4H2,1-3H3/t15-,16-,17+,21+/m0/s1. The number of ether oxygens (including phenoxy) is 1. The molecular weight excluding hydrogens is 360 g/mol. The number of hydrogen-bond acceptors (Lipinski definition) is 6. The molecule has 0 spiro atoms. The van der Waals surface area contributed by atoms with E-state index in [1.807, 2.05) is 19.1 Å². The molecular formula is C21H22N2O5. The van der Waals surface area contributed by atoms with E-state index in [2.05, 4.69) is 5.32 Å². The lowest BCUT2D eigenvalue weighted by atomic mass is 9.81. The number of amides is 2. The second-order valence-corrected chi connectivity index (χ2v) is 7.41. The van der Waals surface area contributed by atoms with E-state index in [1.54, 1.807) is 38.1 Å². The highest BCUT2D eigenvalue weighted by Crippen LogP contribution is 2.50. The lowest BCUT2D eigenvalue weighted by Crippen LogP contribution is -2.54. The summed E-state index contributed by atoms with van der Waals surface area (Å²) in [5.41, 5.74) is 0.193. The van der Waals surface area contributed by atoms with Gasteiger partial charge >= 0.3 is 5.97 Å². The van der Waals surface area contributed by atoms with Crippen LogP contribution in [0.3, 0.4) is 0 Å². The highest BCUT2D eigenvalue weighted by molar-refractivity contribution is 6.24. The average Bonchev–Trinajstić information content (AvgIpc) is 3.35. The maximum Gasteiger partial charge on any atom is 0.326 e. The SMILES string of the molecule is CCOC(=O)[C@]1(C)N[C@H](c2ccco2)[C@H]2C(=O)N(c3ccc(C)cc3)C(=O)[C@H]21. The molecule has 0 bridgehead atoms. The Hall–Kier alpha value is -2.93. The van der Waals surface area contributed by atoms with Crippen LogP contribution in [0.25, 0.3) is 0 Å². The maximum absolute atomic E-state index is 13.3. The summed E-state index contributed by atoms with van der Waals surface area (Å²) >= 11 is 0. The Labute approximate surface area is 162 Å². The van der Waals surface area contributed by atoms with Crippen LogP contribution < -0.4 is 10.2 Å². The first-order valence-electron chi connectivity index (χ1n) is 9.31. The van der Waals surface area contributed by atoms with Gasteiger partial charge in [-0.3, -0.25) is 19.7 Å². The number of nitrogens with zero attached hydrogens (tertiary/aromatic N) is 1. The second-order valence-electron chi connectivity index (χ2n) is 7.41. The van der Waals surface area contributed by atoms with Gasteiger partial charge in [-0.15, -0.1) is 0 Å². The van der Waals surface area contributed by atoms with E-state index in [0.717, 1.165) is 5.56 Å². The summed E-state index contributed by atoms with van der Waals surface area (Å²) in [4.78, 5) is 40.6. The summed E-state index contributed by atoms with van der Waals surface area (Å²) in [5.74, 6) is -2.43. The van der Waals surface area contributed by atoms with Gasteiger partial charge in [-0.05, 0) is 45.0 Å². The van der Waals surface area contributed by atoms with Gasteiger partial charge in [0.05, 0.1) is 36.4 Å². The van der Waals surface area contributed by atoms with Gasteiger partial charge < -0.3 is 9.15 Å². The zero-order chi connectivity index (χ0) is 20.1. The Morgan fingerprint density at radius 3 is 2.54 bits per heavy atom. The molecule has 28 heavy (non-hydrogen) atoms. The number of nitrogens with one attached hydrogen (secondary N) is 1. The molecule has 3 heterocycles. The van der Waals surface area contributed by atoms with Crippen molar-refractivity contribution in [2.45, 2.75) is 32.4 Å². The normalized spacial score (nSPS) is 29.2. The molecule has 2 aromatic rings. The van der Waals surface area contributed by atoms with Crippen molar-refractivity contribution in [3.05, 3.63) is 54.0 Å².